The van der Waals surface area contributed by atoms with E-state index in [9.17, 15) is 26.2 Å². The molecule has 0 saturated heterocycles. The van der Waals surface area contributed by atoms with Crippen LogP contribution in [0.1, 0.15) is 28.4 Å². The van der Waals surface area contributed by atoms with Gasteiger partial charge in [-0.05, 0) is 67.6 Å². The summed E-state index contributed by atoms with van der Waals surface area (Å²) in [6.07, 6.45) is 0. The van der Waals surface area contributed by atoms with Crippen LogP contribution in [0.25, 0.3) is 10.1 Å². The van der Waals surface area contributed by atoms with E-state index in [0.29, 0.717) is 16.0 Å². The first kappa shape index (κ1) is 21.7. The highest BCUT2D eigenvalue weighted by Crippen LogP contribution is 2.37. The number of carbonyl (C=O) groups excluding carboxylic acids is 1. The highest BCUT2D eigenvalue weighted by Gasteiger charge is 2.27. The van der Waals surface area contributed by atoms with E-state index in [4.69, 9.17) is 11.6 Å². The maximum Gasteiger partial charge on any atom is 0.295 e. The lowest BCUT2D eigenvalue weighted by atomic mass is 10.1. The van der Waals surface area contributed by atoms with E-state index < -0.39 is 30.8 Å². The molecular formula is C18H16ClNO6S3. The molecule has 2 aromatic carbocycles. The van der Waals surface area contributed by atoms with E-state index in [0.717, 1.165) is 29.0 Å². The van der Waals surface area contributed by atoms with Gasteiger partial charge in [0.15, 0.2) is 5.78 Å². The van der Waals surface area contributed by atoms with Gasteiger partial charge in [-0.3, -0.25) is 14.1 Å². The molecular weight excluding hydrogens is 458 g/mol. The number of Topliss-reactive ketones (excluding diaryl/α,β-unsaturated/α-hetero) is 1. The summed E-state index contributed by atoms with van der Waals surface area (Å²) in [5.41, 5.74) is 0.150. The van der Waals surface area contributed by atoms with Crippen molar-refractivity contribution in [2.45, 2.75) is 29.9 Å². The first-order valence-electron chi connectivity index (χ1n) is 8.16. The van der Waals surface area contributed by atoms with Crippen molar-refractivity contribution in [3.05, 3.63) is 52.0 Å². The molecule has 0 fully saturated rings. The van der Waals surface area contributed by atoms with Crippen LogP contribution in [0.3, 0.4) is 0 Å². The molecule has 0 radical (unpaired) electrons. The van der Waals surface area contributed by atoms with Gasteiger partial charge < -0.3 is 0 Å². The molecule has 3 aromatic rings. The third kappa shape index (κ3) is 4.03. The third-order valence-corrected chi connectivity index (χ3v) is 8.92. The van der Waals surface area contributed by atoms with Crippen LogP contribution < -0.4 is 4.72 Å². The lowest BCUT2D eigenvalue weighted by Gasteiger charge is -2.14. The van der Waals surface area contributed by atoms with Gasteiger partial charge in [-0.2, -0.15) is 8.42 Å². The fourth-order valence-corrected chi connectivity index (χ4v) is 7.06. The Balaban J connectivity index is 2.15. The van der Waals surface area contributed by atoms with Gasteiger partial charge in [-0.25, -0.2) is 8.42 Å². The summed E-state index contributed by atoms with van der Waals surface area (Å²) >= 11 is 7.05. The van der Waals surface area contributed by atoms with Gasteiger partial charge >= 0.3 is 0 Å². The van der Waals surface area contributed by atoms with Crippen LogP contribution in [-0.4, -0.2) is 27.2 Å². The number of benzene rings is 2. The Labute approximate surface area is 177 Å². The number of sulfonamides is 1. The second-order valence-electron chi connectivity index (χ2n) is 6.41. The molecule has 0 amide bonds. The Morgan fingerprint density at radius 2 is 1.72 bits per heavy atom. The zero-order chi connectivity index (χ0) is 21.7. The lowest BCUT2D eigenvalue weighted by Crippen LogP contribution is -2.16. The van der Waals surface area contributed by atoms with Gasteiger partial charge in [0.1, 0.15) is 9.10 Å². The van der Waals surface area contributed by atoms with Crippen LogP contribution >= 0.6 is 22.9 Å². The highest BCUT2D eigenvalue weighted by molar-refractivity contribution is 7.95. The van der Waals surface area contributed by atoms with E-state index >= 15 is 0 Å². The summed E-state index contributed by atoms with van der Waals surface area (Å²) in [4.78, 5) is 11.1. The molecule has 0 bridgehead atoms. The lowest BCUT2D eigenvalue weighted by molar-refractivity contribution is 0.101. The van der Waals surface area contributed by atoms with Crippen LogP contribution in [0, 0.1) is 13.8 Å². The second-order valence-corrected chi connectivity index (χ2v) is 11.1. The molecule has 0 aliphatic heterocycles. The monoisotopic (exact) mass is 473 g/mol. The Hall–Kier alpha value is -1.98. The number of hydrogen-bond donors (Lipinski definition) is 2. The summed E-state index contributed by atoms with van der Waals surface area (Å²) in [6, 6.07) is 7.50. The van der Waals surface area contributed by atoms with Crippen LogP contribution in [-0.2, 0) is 20.1 Å². The minimum atomic E-state index is -4.75. The molecule has 0 unspecified atom stereocenters. The van der Waals surface area contributed by atoms with E-state index in [1.54, 1.807) is 25.1 Å². The number of carbonyl (C=O) groups is 1. The number of fused-ring (bicyclic) bond motifs is 1. The third-order valence-electron chi connectivity index (χ3n) is 4.39. The molecule has 0 aliphatic carbocycles. The van der Waals surface area contributed by atoms with Gasteiger partial charge in [0.25, 0.3) is 20.1 Å². The Morgan fingerprint density at radius 1 is 1.07 bits per heavy atom. The molecule has 154 valence electrons. The number of nitrogens with one attached hydrogen (secondary N) is 1. The summed E-state index contributed by atoms with van der Waals surface area (Å²) in [5, 5.41) is 1.17. The van der Waals surface area contributed by atoms with E-state index in [2.05, 4.69) is 4.72 Å². The normalized spacial score (nSPS) is 12.3. The number of ketones is 1. The molecule has 11 heteroatoms. The number of rotatable bonds is 5. The molecule has 29 heavy (non-hydrogen) atoms. The summed E-state index contributed by atoms with van der Waals surface area (Å²) in [5.74, 6) is -0.577. The summed E-state index contributed by atoms with van der Waals surface area (Å²) < 4.78 is 62.2. The molecule has 3 rings (SSSR count). The van der Waals surface area contributed by atoms with Crippen LogP contribution in [0.5, 0.6) is 0 Å². The molecule has 0 aliphatic rings. The molecule has 0 saturated carbocycles. The van der Waals surface area contributed by atoms with Crippen LogP contribution in [0.15, 0.2) is 39.4 Å². The zero-order valence-corrected chi connectivity index (χ0v) is 18.7. The van der Waals surface area contributed by atoms with Gasteiger partial charge in [0.2, 0.25) is 0 Å². The van der Waals surface area contributed by atoms with Gasteiger partial charge in [0, 0.05) is 15.3 Å². The fraction of sp³-hybridized carbons (Fsp3) is 0.167. The predicted molar refractivity (Wildman–Crippen MR) is 113 cm³/mol. The average molecular weight is 474 g/mol. The van der Waals surface area contributed by atoms with Crippen molar-refractivity contribution < 1.29 is 26.2 Å². The standard InChI is InChI=1S/C18H16ClNO6S3/c1-9-14-8-12(19)4-7-16(14)27-18(9)28(22,23)20-15-6-5-13(11(3)21)17(10(15)2)29(24,25)26/h4-8,20H,1-3H3,(H,24,25,26). The second kappa shape index (κ2) is 7.37. The van der Waals surface area contributed by atoms with Crippen molar-refractivity contribution in [2.75, 3.05) is 4.72 Å². The maximum absolute atomic E-state index is 13.0. The molecule has 0 spiro atoms. The van der Waals surface area contributed by atoms with E-state index in [1.165, 1.54) is 13.0 Å². The topological polar surface area (TPSA) is 118 Å². The largest absolute Gasteiger partial charge is 0.295 e. The minimum absolute atomic E-state index is 0.0539. The minimum Gasteiger partial charge on any atom is -0.294 e. The van der Waals surface area contributed by atoms with Gasteiger partial charge in [-0.1, -0.05) is 11.6 Å². The summed E-state index contributed by atoms with van der Waals surface area (Å²) in [6.45, 7) is 4.11. The van der Waals surface area contributed by atoms with Crippen LogP contribution in [0.2, 0.25) is 5.02 Å². The van der Waals surface area contributed by atoms with Crippen molar-refractivity contribution in [3.63, 3.8) is 0 Å². The van der Waals surface area contributed by atoms with Gasteiger partial charge in [0.05, 0.1) is 5.69 Å². The molecule has 7 nitrogen and oxygen atoms in total. The quantitative estimate of drug-likeness (QED) is 0.418. The number of anilines is 1. The van der Waals surface area contributed by atoms with Crippen molar-refractivity contribution in [2.24, 2.45) is 0 Å². The maximum atomic E-state index is 13.0. The first-order chi connectivity index (χ1) is 13.3. The molecule has 1 aromatic heterocycles. The number of thiophene rings is 1. The average Bonchev–Trinajstić information content (AvgIpc) is 2.92. The Morgan fingerprint density at radius 3 is 2.31 bits per heavy atom. The summed E-state index contributed by atoms with van der Waals surface area (Å²) in [7, 11) is -8.83. The van der Waals surface area contributed by atoms with E-state index in [-0.39, 0.29) is 21.0 Å². The first-order valence-corrected chi connectivity index (χ1v) is 12.3. The smallest absolute Gasteiger partial charge is 0.294 e. The molecule has 2 N–H and O–H groups in total. The highest BCUT2D eigenvalue weighted by atomic mass is 35.5. The number of aryl methyl sites for hydroxylation is 1. The van der Waals surface area contributed by atoms with Crippen molar-refractivity contribution in [1.82, 2.24) is 0 Å². The molecule has 1 heterocycles. The van der Waals surface area contributed by atoms with Crippen molar-refractivity contribution in [3.8, 4) is 0 Å². The predicted octanol–water partition coefficient (Wildman–Crippen LogP) is 4.42. The Kier molecular flexibility index (Phi) is 5.52. The molecule has 0 atom stereocenters. The van der Waals surface area contributed by atoms with E-state index in [1.807, 2.05) is 0 Å². The van der Waals surface area contributed by atoms with Crippen molar-refractivity contribution >= 4 is 64.6 Å². The van der Waals surface area contributed by atoms with Crippen LogP contribution in [0.4, 0.5) is 5.69 Å². The zero-order valence-electron chi connectivity index (χ0n) is 15.5. The Bertz CT molecular complexity index is 1370. The van der Waals surface area contributed by atoms with Crippen molar-refractivity contribution in [1.29, 1.82) is 0 Å². The SMILES string of the molecule is CC(=O)c1ccc(NS(=O)(=O)c2sc3ccc(Cl)cc3c2C)c(C)c1S(=O)(=O)O. The number of halogens is 1. The van der Waals surface area contributed by atoms with Gasteiger partial charge in [-0.15, -0.1) is 11.3 Å². The number of hydrogen-bond acceptors (Lipinski definition) is 6. The fourth-order valence-electron chi connectivity index (χ4n) is 3.03.